The van der Waals surface area contributed by atoms with Crippen LogP contribution in [0.1, 0.15) is 31.6 Å². The van der Waals surface area contributed by atoms with E-state index in [1.807, 2.05) is 0 Å². The second kappa shape index (κ2) is 5.94. The minimum Gasteiger partial charge on any atom is -0.467 e. The predicted molar refractivity (Wildman–Crippen MR) is 73.4 cm³/mol. The first-order valence-corrected chi connectivity index (χ1v) is 6.66. The van der Waals surface area contributed by atoms with Gasteiger partial charge < -0.3 is 10.5 Å². The number of ether oxygens (including phenoxy) is 1. The van der Waals surface area contributed by atoms with Crippen molar-refractivity contribution in [1.29, 1.82) is 0 Å². The number of carbonyl (C=O) groups excluding carboxylic acids is 2. The van der Waals surface area contributed by atoms with Gasteiger partial charge in [-0.2, -0.15) is 5.10 Å². The first kappa shape index (κ1) is 15.0. The summed E-state index contributed by atoms with van der Waals surface area (Å²) in [5.41, 5.74) is 5.52. The second-order valence-electron chi connectivity index (χ2n) is 4.99. The number of hydrogen-bond donors (Lipinski definition) is 1. The Morgan fingerprint density at radius 3 is 2.86 bits per heavy atom. The standard InChI is InChI=1S/C13H18N4O4/c1-8(18)6-9(14)7-16-13(20)17-10(12(19)21-2)4-3-5-11(17)15-16/h6,10H,3-5,7,14H2,1-2H3. The molecule has 0 saturated heterocycles. The lowest BCUT2D eigenvalue weighted by Crippen LogP contribution is -2.35. The molecule has 0 radical (unpaired) electrons. The van der Waals surface area contributed by atoms with Gasteiger partial charge in [-0.15, -0.1) is 0 Å². The van der Waals surface area contributed by atoms with E-state index >= 15 is 0 Å². The van der Waals surface area contributed by atoms with Gasteiger partial charge in [-0.1, -0.05) is 0 Å². The van der Waals surface area contributed by atoms with Crippen LogP contribution in [0.2, 0.25) is 0 Å². The van der Waals surface area contributed by atoms with Crippen molar-refractivity contribution in [2.45, 2.75) is 38.8 Å². The fourth-order valence-corrected chi connectivity index (χ4v) is 2.47. The van der Waals surface area contributed by atoms with Crippen LogP contribution in [0.25, 0.3) is 0 Å². The average molecular weight is 294 g/mol. The lowest BCUT2D eigenvalue weighted by atomic mass is 10.1. The molecule has 8 nitrogen and oxygen atoms in total. The molecule has 1 unspecified atom stereocenters. The molecule has 0 aliphatic carbocycles. The highest BCUT2D eigenvalue weighted by Gasteiger charge is 2.31. The molecule has 114 valence electrons. The summed E-state index contributed by atoms with van der Waals surface area (Å²) in [4.78, 5) is 35.1. The van der Waals surface area contributed by atoms with E-state index in [1.54, 1.807) is 0 Å². The van der Waals surface area contributed by atoms with Gasteiger partial charge in [0.25, 0.3) is 0 Å². The lowest BCUT2D eigenvalue weighted by molar-refractivity contribution is -0.145. The first-order valence-electron chi connectivity index (χ1n) is 6.66. The Kier molecular flexibility index (Phi) is 4.25. The molecule has 0 saturated carbocycles. The third-order valence-electron chi connectivity index (χ3n) is 3.32. The summed E-state index contributed by atoms with van der Waals surface area (Å²) >= 11 is 0. The third kappa shape index (κ3) is 3.04. The van der Waals surface area contributed by atoms with E-state index in [4.69, 9.17) is 10.5 Å². The first-order chi connectivity index (χ1) is 9.93. The normalized spacial score (nSPS) is 18.2. The number of rotatable bonds is 4. The highest BCUT2D eigenvalue weighted by molar-refractivity contribution is 5.87. The van der Waals surface area contributed by atoms with Crippen molar-refractivity contribution in [2.24, 2.45) is 5.73 Å². The number of nitrogens with two attached hydrogens (primary N) is 1. The van der Waals surface area contributed by atoms with Crippen molar-refractivity contribution in [3.05, 3.63) is 28.1 Å². The van der Waals surface area contributed by atoms with E-state index < -0.39 is 17.7 Å². The summed E-state index contributed by atoms with van der Waals surface area (Å²) in [7, 11) is 1.29. The third-order valence-corrected chi connectivity index (χ3v) is 3.32. The molecule has 1 aliphatic heterocycles. The Balaban J connectivity index is 2.36. The van der Waals surface area contributed by atoms with Crippen molar-refractivity contribution >= 4 is 11.8 Å². The number of aryl methyl sites for hydroxylation is 1. The molecule has 2 N–H and O–H groups in total. The minimum absolute atomic E-state index is 0.0201. The Hall–Kier alpha value is -2.38. The number of nitrogens with zero attached hydrogens (tertiary/aromatic N) is 3. The van der Waals surface area contributed by atoms with Crippen LogP contribution in [-0.4, -0.2) is 33.2 Å². The van der Waals surface area contributed by atoms with Gasteiger partial charge in [0.05, 0.1) is 13.7 Å². The zero-order chi connectivity index (χ0) is 15.6. The second-order valence-corrected chi connectivity index (χ2v) is 4.99. The zero-order valence-electron chi connectivity index (χ0n) is 12.0. The SMILES string of the molecule is COC(=O)C1CCCc2nn(CC(N)=CC(C)=O)c(=O)n21. The van der Waals surface area contributed by atoms with Crippen molar-refractivity contribution < 1.29 is 14.3 Å². The molecule has 2 rings (SSSR count). The molecule has 21 heavy (non-hydrogen) atoms. The van der Waals surface area contributed by atoms with Gasteiger partial charge in [-0.3, -0.25) is 9.36 Å². The number of fused-ring (bicyclic) bond motifs is 1. The quantitative estimate of drug-likeness (QED) is 0.593. The number of methoxy groups -OCH3 is 1. The van der Waals surface area contributed by atoms with Crippen molar-refractivity contribution in [1.82, 2.24) is 14.3 Å². The number of esters is 1. The summed E-state index contributed by atoms with van der Waals surface area (Å²) in [6.07, 6.45) is 3.17. The van der Waals surface area contributed by atoms with Gasteiger partial charge in [0.2, 0.25) is 0 Å². The Morgan fingerprint density at radius 2 is 2.24 bits per heavy atom. The molecular weight excluding hydrogens is 276 g/mol. The van der Waals surface area contributed by atoms with Gasteiger partial charge in [0.1, 0.15) is 11.9 Å². The van der Waals surface area contributed by atoms with Crippen LogP contribution >= 0.6 is 0 Å². The number of allylic oxidation sites excluding steroid dienone is 2. The molecule has 0 spiro atoms. The van der Waals surface area contributed by atoms with Gasteiger partial charge in [-0.05, 0) is 19.8 Å². The summed E-state index contributed by atoms with van der Waals surface area (Å²) in [6.45, 7) is 1.40. The fourth-order valence-electron chi connectivity index (χ4n) is 2.47. The van der Waals surface area contributed by atoms with Crippen LogP contribution in [0.3, 0.4) is 0 Å². The Labute approximate surface area is 121 Å². The molecule has 1 aromatic rings. The molecule has 1 atom stereocenters. The predicted octanol–water partition coefficient (Wildman–Crippen LogP) is -0.473. The molecule has 2 heterocycles. The van der Waals surface area contributed by atoms with Crippen LogP contribution in [0, 0.1) is 0 Å². The molecule has 0 fully saturated rings. The van der Waals surface area contributed by atoms with Gasteiger partial charge in [0, 0.05) is 18.2 Å². The zero-order valence-corrected chi connectivity index (χ0v) is 12.0. The largest absolute Gasteiger partial charge is 0.467 e. The molecule has 0 amide bonds. The van der Waals surface area contributed by atoms with Crippen LogP contribution in [-0.2, 0) is 27.3 Å². The van der Waals surface area contributed by atoms with Crippen LogP contribution in [0.5, 0.6) is 0 Å². The molecule has 0 aromatic carbocycles. The molecule has 1 aromatic heterocycles. The molecule has 0 bridgehead atoms. The van der Waals surface area contributed by atoms with Crippen molar-refractivity contribution in [3.63, 3.8) is 0 Å². The maximum absolute atomic E-state index is 12.4. The van der Waals surface area contributed by atoms with Crippen LogP contribution in [0.4, 0.5) is 0 Å². The minimum atomic E-state index is -0.641. The van der Waals surface area contributed by atoms with E-state index in [0.29, 0.717) is 18.7 Å². The number of hydrogen-bond acceptors (Lipinski definition) is 6. The summed E-state index contributed by atoms with van der Waals surface area (Å²) in [5.74, 6) is -0.112. The van der Waals surface area contributed by atoms with Crippen LogP contribution < -0.4 is 11.4 Å². The number of carbonyl (C=O) groups is 2. The molecular formula is C13H18N4O4. The highest BCUT2D eigenvalue weighted by Crippen LogP contribution is 2.22. The molecule has 1 aliphatic rings. The van der Waals surface area contributed by atoms with Crippen molar-refractivity contribution in [2.75, 3.05) is 7.11 Å². The number of ketones is 1. The maximum Gasteiger partial charge on any atom is 0.347 e. The number of aromatic nitrogens is 3. The van der Waals surface area contributed by atoms with Gasteiger partial charge in [0.15, 0.2) is 5.78 Å². The highest BCUT2D eigenvalue weighted by atomic mass is 16.5. The van der Waals surface area contributed by atoms with E-state index in [-0.39, 0.29) is 18.0 Å². The van der Waals surface area contributed by atoms with Gasteiger partial charge >= 0.3 is 11.7 Å². The monoisotopic (exact) mass is 294 g/mol. The Bertz CT molecular complexity index is 656. The van der Waals surface area contributed by atoms with E-state index in [9.17, 15) is 14.4 Å². The van der Waals surface area contributed by atoms with E-state index in [1.165, 1.54) is 29.4 Å². The topological polar surface area (TPSA) is 109 Å². The van der Waals surface area contributed by atoms with Crippen LogP contribution in [0.15, 0.2) is 16.6 Å². The Morgan fingerprint density at radius 1 is 1.52 bits per heavy atom. The maximum atomic E-state index is 12.4. The molecule has 8 heteroatoms. The summed E-state index contributed by atoms with van der Waals surface area (Å²) in [5, 5.41) is 4.19. The van der Waals surface area contributed by atoms with Gasteiger partial charge in [-0.25, -0.2) is 14.3 Å². The van der Waals surface area contributed by atoms with E-state index in [2.05, 4.69) is 5.10 Å². The summed E-state index contributed by atoms with van der Waals surface area (Å²) in [6, 6.07) is -0.641. The average Bonchev–Trinajstić information content (AvgIpc) is 2.73. The smallest absolute Gasteiger partial charge is 0.347 e. The van der Waals surface area contributed by atoms with Crippen molar-refractivity contribution in [3.8, 4) is 0 Å². The lowest BCUT2D eigenvalue weighted by Gasteiger charge is -2.20. The fraction of sp³-hybridized carbons (Fsp3) is 0.538. The van der Waals surface area contributed by atoms with E-state index in [0.717, 1.165) is 6.42 Å². The summed E-state index contributed by atoms with van der Waals surface area (Å²) < 4.78 is 7.26.